The molecule has 0 spiro atoms. The van der Waals surface area contributed by atoms with Crippen molar-refractivity contribution < 1.29 is 9.53 Å². The molecule has 5 heteroatoms. The molecule has 1 aromatic rings. The van der Waals surface area contributed by atoms with Gasteiger partial charge in [-0.2, -0.15) is 0 Å². The molecule has 0 unspecified atom stereocenters. The van der Waals surface area contributed by atoms with Gasteiger partial charge in [0.25, 0.3) is 0 Å². The average Bonchev–Trinajstić information content (AvgIpc) is 2.72. The first-order valence-corrected chi connectivity index (χ1v) is 4.80. The Hall–Kier alpha value is -1.78. The molecule has 5 nitrogen and oxygen atoms in total. The van der Waals surface area contributed by atoms with Gasteiger partial charge in [-0.05, 0) is 0 Å². The van der Waals surface area contributed by atoms with Crippen LogP contribution in [0.1, 0.15) is 5.82 Å². The Morgan fingerprint density at radius 1 is 1.60 bits per heavy atom. The van der Waals surface area contributed by atoms with E-state index < -0.39 is 0 Å². The Labute approximate surface area is 88.0 Å². The highest BCUT2D eigenvalue weighted by molar-refractivity contribution is 5.81. The summed E-state index contributed by atoms with van der Waals surface area (Å²) < 4.78 is 6.64. The van der Waals surface area contributed by atoms with Crippen LogP contribution in [0.5, 0.6) is 0 Å². The molecule has 0 radical (unpaired) electrons. The largest absolute Gasteiger partial charge is 0.466 e. The zero-order valence-electron chi connectivity index (χ0n) is 8.59. The second kappa shape index (κ2) is 4.16. The summed E-state index contributed by atoms with van der Waals surface area (Å²) in [6.45, 7) is 2.53. The summed E-state index contributed by atoms with van der Waals surface area (Å²) in [4.78, 5) is 17.2. The second-order valence-electron chi connectivity index (χ2n) is 3.35. The molecule has 0 aliphatic carbocycles. The van der Waals surface area contributed by atoms with Crippen molar-refractivity contribution in [3.8, 4) is 0 Å². The number of methoxy groups -OCH3 is 1. The van der Waals surface area contributed by atoms with Gasteiger partial charge in [-0.15, -0.1) is 0 Å². The lowest BCUT2D eigenvalue weighted by Gasteiger charge is -2.25. The van der Waals surface area contributed by atoms with E-state index in [0.29, 0.717) is 0 Å². The van der Waals surface area contributed by atoms with Crippen LogP contribution in [0.15, 0.2) is 24.7 Å². The number of carbonyl (C=O) groups is 1. The fraction of sp³-hybridized carbons (Fsp3) is 0.400. The maximum atomic E-state index is 10.9. The molecule has 2 heterocycles. The van der Waals surface area contributed by atoms with Gasteiger partial charge >= 0.3 is 5.97 Å². The Morgan fingerprint density at radius 3 is 3.27 bits per heavy atom. The van der Waals surface area contributed by atoms with Gasteiger partial charge in [0.1, 0.15) is 5.82 Å². The summed E-state index contributed by atoms with van der Waals surface area (Å²) in [5, 5.41) is 0. The number of hydrogen-bond acceptors (Lipinski definition) is 4. The molecule has 0 N–H and O–H groups in total. The van der Waals surface area contributed by atoms with E-state index in [-0.39, 0.29) is 5.97 Å². The van der Waals surface area contributed by atoms with Gasteiger partial charge in [0.2, 0.25) is 0 Å². The highest BCUT2D eigenvalue weighted by Gasteiger charge is 2.13. The van der Waals surface area contributed by atoms with Gasteiger partial charge in [-0.25, -0.2) is 9.78 Å². The van der Waals surface area contributed by atoms with Gasteiger partial charge in [0.05, 0.1) is 13.7 Å². The number of fused-ring (bicyclic) bond motifs is 1. The van der Waals surface area contributed by atoms with Crippen molar-refractivity contribution >= 4 is 5.97 Å². The molecule has 15 heavy (non-hydrogen) atoms. The number of esters is 1. The van der Waals surface area contributed by atoms with Crippen molar-refractivity contribution in [1.29, 1.82) is 0 Å². The van der Waals surface area contributed by atoms with Crippen molar-refractivity contribution in [3.05, 3.63) is 30.5 Å². The fourth-order valence-electron chi connectivity index (χ4n) is 1.55. The molecule has 0 fully saturated rings. The summed E-state index contributed by atoms with van der Waals surface area (Å²) in [6.07, 6.45) is 6.95. The molecule has 0 bridgehead atoms. The molecule has 0 aromatic carbocycles. The Kier molecular flexibility index (Phi) is 2.71. The van der Waals surface area contributed by atoms with Crippen LogP contribution in [0.3, 0.4) is 0 Å². The monoisotopic (exact) mass is 207 g/mol. The standard InChI is InChI=1S/C10H13N3O2/c1-15-10(14)2-4-12-6-7-13-5-3-11-9(13)8-12/h2-5H,6-8H2,1H3. The summed E-state index contributed by atoms with van der Waals surface area (Å²) >= 11 is 0. The normalized spacial score (nSPS) is 15.4. The summed E-state index contributed by atoms with van der Waals surface area (Å²) in [5.41, 5.74) is 0. The lowest BCUT2D eigenvalue weighted by molar-refractivity contribution is -0.134. The zero-order chi connectivity index (χ0) is 10.7. The van der Waals surface area contributed by atoms with E-state index in [2.05, 4.69) is 14.3 Å². The number of nitrogens with zero attached hydrogens (tertiary/aromatic N) is 3. The highest BCUT2D eigenvalue weighted by atomic mass is 16.5. The molecule has 0 amide bonds. The Morgan fingerprint density at radius 2 is 2.47 bits per heavy atom. The van der Waals surface area contributed by atoms with E-state index in [1.807, 2.05) is 11.1 Å². The minimum atomic E-state index is -0.330. The molecule has 0 atom stereocenters. The number of ether oxygens (including phenoxy) is 1. The predicted octanol–water partition coefficient (Wildman–Crippen LogP) is 0.385. The molecule has 1 aromatic heterocycles. The summed E-state index contributed by atoms with van der Waals surface area (Å²) in [5.74, 6) is 0.694. The highest BCUT2D eigenvalue weighted by Crippen LogP contribution is 2.09. The lowest BCUT2D eigenvalue weighted by Crippen LogP contribution is -2.29. The predicted molar refractivity (Wildman–Crippen MR) is 53.8 cm³/mol. The molecule has 1 aliphatic heterocycles. The second-order valence-corrected chi connectivity index (χ2v) is 3.35. The van der Waals surface area contributed by atoms with Crippen LogP contribution in [0.2, 0.25) is 0 Å². The van der Waals surface area contributed by atoms with Gasteiger partial charge in [-0.3, -0.25) is 0 Å². The minimum Gasteiger partial charge on any atom is -0.466 e. The van der Waals surface area contributed by atoms with Crippen molar-refractivity contribution in [2.24, 2.45) is 0 Å². The first kappa shape index (κ1) is 9.76. The molecule has 1 aliphatic rings. The maximum absolute atomic E-state index is 10.9. The minimum absolute atomic E-state index is 0.330. The third-order valence-electron chi connectivity index (χ3n) is 2.40. The first-order chi connectivity index (χ1) is 7.29. The number of carbonyl (C=O) groups excluding carboxylic acids is 1. The van der Waals surface area contributed by atoms with Crippen molar-refractivity contribution in [2.45, 2.75) is 13.1 Å². The molecule has 0 saturated carbocycles. The third kappa shape index (κ3) is 2.18. The van der Waals surface area contributed by atoms with Gasteiger partial charge < -0.3 is 14.2 Å². The molecular formula is C10H13N3O2. The van der Waals surface area contributed by atoms with E-state index in [4.69, 9.17) is 0 Å². The first-order valence-electron chi connectivity index (χ1n) is 4.80. The van der Waals surface area contributed by atoms with Crippen molar-refractivity contribution in [1.82, 2.24) is 14.5 Å². The molecule has 0 saturated heterocycles. The fourth-order valence-corrected chi connectivity index (χ4v) is 1.55. The van der Waals surface area contributed by atoms with Gasteiger partial charge in [0, 0.05) is 37.8 Å². The molecule has 2 rings (SSSR count). The molecule has 80 valence electrons. The quantitative estimate of drug-likeness (QED) is 0.520. The van der Waals surface area contributed by atoms with E-state index in [1.54, 1.807) is 12.4 Å². The Balaban J connectivity index is 1.98. The number of hydrogen-bond donors (Lipinski definition) is 0. The lowest BCUT2D eigenvalue weighted by atomic mass is 10.3. The maximum Gasteiger partial charge on any atom is 0.331 e. The van der Waals surface area contributed by atoms with Crippen LogP contribution in [0, 0.1) is 0 Å². The van der Waals surface area contributed by atoms with Gasteiger partial charge in [-0.1, -0.05) is 0 Å². The zero-order valence-corrected chi connectivity index (χ0v) is 8.59. The topological polar surface area (TPSA) is 47.4 Å². The van der Waals surface area contributed by atoms with Crippen molar-refractivity contribution in [2.75, 3.05) is 13.7 Å². The summed E-state index contributed by atoms with van der Waals surface area (Å²) in [6, 6.07) is 0. The van der Waals surface area contributed by atoms with Crippen LogP contribution in [-0.2, 0) is 22.6 Å². The summed E-state index contributed by atoms with van der Waals surface area (Å²) in [7, 11) is 1.37. The van der Waals surface area contributed by atoms with E-state index in [9.17, 15) is 4.79 Å². The SMILES string of the molecule is COC(=O)C=CN1CCn2ccnc2C1. The van der Waals surface area contributed by atoms with Crippen LogP contribution < -0.4 is 0 Å². The van der Waals surface area contributed by atoms with Crippen LogP contribution in [0.4, 0.5) is 0 Å². The molecular weight excluding hydrogens is 194 g/mol. The van der Waals surface area contributed by atoms with Crippen LogP contribution in [0.25, 0.3) is 0 Å². The smallest absolute Gasteiger partial charge is 0.331 e. The average molecular weight is 207 g/mol. The van der Waals surface area contributed by atoms with Gasteiger partial charge in [0.15, 0.2) is 0 Å². The van der Waals surface area contributed by atoms with E-state index in [1.165, 1.54) is 13.2 Å². The van der Waals surface area contributed by atoms with Crippen molar-refractivity contribution in [3.63, 3.8) is 0 Å². The number of aromatic nitrogens is 2. The van der Waals surface area contributed by atoms with E-state index in [0.717, 1.165) is 25.5 Å². The van der Waals surface area contributed by atoms with Crippen LogP contribution >= 0.6 is 0 Å². The van der Waals surface area contributed by atoms with Crippen LogP contribution in [-0.4, -0.2) is 34.1 Å². The number of imidazole rings is 1. The Bertz CT molecular complexity index is 384. The van der Waals surface area contributed by atoms with E-state index >= 15 is 0 Å². The number of rotatable bonds is 2. The third-order valence-corrected chi connectivity index (χ3v) is 2.40.